The van der Waals surface area contributed by atoms with Crippen molar-refractivity contribution in [3.05, 3.63) is 300 Å². The van der Waals surface area contributed by atoms with Crippen LogP contribution in [0, 0.1) is 5.92 Å². The summed E-state index contributed by atoms with van der Waals surface area (Å²) in [6.07, 6.45) is 5.67. The van der Waals surface area contributed by atoms with E-state index >= 15 is 0 Å². The second-order valence-electron chi connectivity index (χ2n) is 18.8. The van der Waals surface area contributed by atoms with Crippen LogP contribution in [0.5, 0.6) is 0 Å². The fraction of sp³-hybridized carbons (Fsp3) is 0.0588. The highest BCUT2D eigenvalue weighted by molar-refractivity contribution is 6.01. The molecule has 0 heterocycles. The van der Waals surface area contributed by atoms with Crippen molar-refractivity contribution in [1.82, 2.24) is 0 Å². The smallest absolute Gasteiger partial charge is 0.0726 e. The summed E-state index contributed by atoms with van der Waals surface area (Å²) in [5.74, 6) is 0.254. The zero-order chi connectivity index (χ0) is 46.6. The normalized spacial score (nSPS) is 16.1. The van der Waals surface area contributed by atoms with Crippen molar-refractivity contribution in [2.24, 2.45) is 5.92 Å². The number of hydrogen-bond donors (Lipinski definition) is 0. The van der Waals surface area contributed by atoms with Gasteiger partial charge in [-0.2, -0.15) is 0 Å². The van der Waals surface area contributed by atoms with Crippen LogP contribution >= 0.6 is 0 Å². The SMILES string of the molecule is CC1CC=CC(c2ccccc2)=C1N(c1ccc(-c2ccccc2)cc1)c1cccc2c1-c1ccccc1C21c2ccccc2-c2ccc(-c3ccc(N(c4ccccc4)c4ccccc4)cc3)cc21. The van der Waals surface area contributed by atoms with Crippen molar-refractivity contribution in [2.75, 3.05) is 9.80 Å². The Hall–Kier alpha value is -8.72. The van der Waals surface area contributed by atoms with Crippen molar-refractivity contribution in [3.8, 4) is 44.5 Å². The van der Waals surface area contributed by atoms with E-state index in [2.05, 4.69) is 284 Å². The lowest BCUT2D eigenvalue weighted by Crippen LogP contribution is -2.27. The van der Waals surface area contributed by atoms with E-state index in [4.69, 9.17) is 0 Å². The lowest BCUT2D eigenvalue weighted by Gasteiger charge is -2.36. The molecule has 2 unspecified atom stereocenters. The Balaban J connectivity index is 1.01. The number of nitrogens with zero attached hydrogens (tertiary/aromatic N) is 2. The van der Waals surface area contributed by atoms with Crippen LogP contribution in [0.3, 0.4) is 0 Å². The van der Waals surface area contributed by atoms with Gasteiger partial charge < -0.3 is 9.80 Å². The molecule has 0 aliphatic heterocycles. The molecule has 0 amide bonds. The summed E-state index contributed by atoms with van der Waals surface area (Å²) in [4.78, 5) is 4.93. The monoisotopic (exact) mass is 894 g/mol. The van der Waals surface area contributed by atoms with E-state index in [-0.39, 0.29) is 5.92 Å². The Kier molecular flexibility index (Phi) is 10.1. The minimum atomic E-state index is -0.543. The maximum absolute atomic E-state index is 2.60. The number of rotatable bonds is 9. The van der Waals surface area contributed by atoms with Crippen LogP contribution < -0.4 is 9.80 Å². The van der Waals surface area contributed by atoms with E-state index in [0.29, 0.717) is 0 Å². The summed E-state index contributed by atoms with van der Waals surface area (Å²) in [6.45, 7) is 2.39. The second kappa shape index (κ2) is 17.1. The molecule has 13 rings (SSSR count). The van der Waals surface area contributed by atoms with Gasteiger partial charge in [-0.25, -0.2) is 0 Å². The Morgan fingerprint density at radius 2 is 0.814 bits per heavy atom. The topological polar surface area (TPSA) is 6.48 Å². The van der Waals surface area contributed by atoms with Crippen molar-refractivity contribution in [3.63, 3.8) is 0 Å². The summed E-state index contributed by atoms with van der Waals surface area (Å²) in [5, 5.41) is 0. The first-order valence-electron chi connectivity index (χ1n) is 24.6. The van der Waals surface area contributed by atoms with Crippen LogP contribution in [0.2, 0.25) is 0 Å². The van der Waals surface area contributed by atoms with Gasteiger partial charge in [0.15, 0.2) is 0 Å². The van der Waals surface area contributed by atoms with Gasteiger partial charge >= 0.3 is 0 Å². The van der Waals surface area contributed by atoms with Gasteiger partial charge in [-0.05, 0) is 134 Å². The molecule has 3 aliphatic carbocycles. The number of fused-ring (bicyclic) bond motifs is 10. The van der Waals surface area contributed by atoms with Crippen LogP contribution in [-0.4, -0.2) is 0 Å². The van der Waals surface area contributed by atoms with Gasteiger partial charge in [0, 0.05) is 45.5 Å². The third kappa shape index (κ3) is 6.63. The Morgan fingerprint density at radius 1 is 0.357 bits per heavy atom. The number of allylic oxidation sites excluding steroid dienone is 4. The minimum absolute atomic E-state index is 0.254. The molecule has 0 saturated carbocycles. The third-order valence-corrected chi connectivity index (χ3v) is 14.9. The summed E-state index contributed by atoms with van der Waals surface area (Å²) >= 11 is 0. The number of anilines is 5. The van der Waals surface area contributed by atoms with Gasteiger partial charge in [0.25, 0.3) is 0 Å². The van der Waals surface area contributed by atoms with E-state index in [1.807, 2.05) is 0 Å². The van der Waals surface area contributed by atoms with Crippen LogP contribution in [0.4, 0.5) is 28.4 Å². The molecule has 10 aromatic rings. The maximum atomic E-state index is 2.60. The summed E-state index contributed by atoms with van der Waals surface area (Å²) in [6, 6.07) is 94.0. The van der Waals surface area contributed by atoms with Crippen LogP contribution in [0.25, 0.3) is 50.1 Å². The predicted octanol–water partition coefficient (Wildman–Crippen LogP) is 18.0. The van der Waals surface area contributed by atoms with E-state index in [9.17, 15) is 0 Å². The number of para-hydroxylation sites is 2. The highest BCUT2D eigenvalue weighted by Gasteiger charge is 2.52. The fourth-order valence-electron chi connectivity index (χ4n) is 11.8. The Morgan fingerprint density at radius 3 is 1.46 bits per heavy atom. The first-order chi connectivity index (χ1) is 34.7. The molecular weight excluding hydrogens is 845 g/mol. The molecule has 0 N–H and O–H groups in total. The molecule has 332 valence electrons. The quantitative estimate of drug-likeness (QED) is 0.142. The van der Waals surface area contributed by atoms with Crippen LogP contribution in [-0.2, 0) is 5.41 Å². The number of hydrogen-bond acceptors (Lipinski definition) is 2. The molecule has 3 aliphatic rings. The first-order valence-corrected chi connectivity index (χ1v) is 24.6. The van der Waals surface area contributed by atoms with Gasteiger partial charge in [-0.3, -0.25) is 0 Å². The highest BCUT2D eigenvalue weighted by atomic mass is 15.2. The largest absolute Gasteiger partial charge is 0.313 e. The van der Waals surface area contributed by atoms with Gasteiger partial charge in [0.2, 0.25) is 0 Å². The third-order valence-electron chi connectivity index (χ3n) is 14.9. The van der Waals surface area contributed by atoms with E-state index < -0.39 is 5.41 Å². The minimum Gasteiger partial charge on any atom is -0.313 e. The van der Waals surface area contributed by atoms with E-state index in [0.717, 1.165) is 29.2 Å². The molecule has 2 atom stereocenters. The molecule has 1 spiro atoms. The van der Waals surface area contributed by atoms with Gasteiger partial charge in [0.05, 0.1) is 11.1 Å². The maximum Gasteiger partial charge on any atom is 0.0726 e. The van der Waals surface area contributed by atoms with Gasteiger partial charge in [-0.1, -0.05) is 213 Å². The Labute approximate surface area is 411 Å². The standard InChI is InChI=1S/C68H50N2/c1-47-20-18-31-57(51-23-8-3-9-24-51)67(47)70(56-43-36-49(37-44-56)48-21-6-2-7-22-48)65-35-19-34-63-66(65)60-30-15-17-33-62(60)68(63)61-32-16-14-29-58(61)59-45-40-52(46-64(59)68)50-38-41-55(42-39-50)69(53-25-10-4-11-26-53)54-27-12-5-13-28-54/h2-19,21-47H,20H2,1H3. The fourth-order valence-corrected chi connectivity index (χ4v) is 11.8. The summed E-state index contributed by atoms with van der Waals surface area (Å²) in [7, 11) is 0. The van der Waals surface area contributed by atoms with Crippen molar-refractivity contribution < 1.29 is 0 Å². The summed E-state index contributed by atoms with van der Waals surface area (Å²) in [5.41, 5.74) is 24.2. The molecular formula is C68H50N2. The van der Waals surface area contributed by atoms with Crippen molar-refractivity contribution in [1.29, 1.82) is 0 Å². The molecule has 2 nitrogen and oxygen atoms in total. The zero-order valence-corrected chi connectivity index (χ0v) is 39.1. The van der Waals surface area contributed by atoms with Gasteiger partial charge in [-0.15, -0.1) is 0 Å². The highest BCUT2D eigenvalue weighted by Crippen LogP contribution is 2.65. The lowest BCUT2D eigenvalue weighted by atomic mass is 9.70. The molecule has 0 radical (unpaired) electrons. The average molecular weight is 895 g/mol. The average Bonchev–Trinajstić information content (AvgIpc) is 3.90. The zero-order valence-electron chi connectivity index (χ0n) is 39.1. The number of benzene rings is 10. The molecule has 0 bridgehead atoms. The van der Waals surface area contributed by atoms with E-state index in [1.54, 1.807) is 0 Å². The summed E-state index contributed by atoms with van der Waals surface area (Å²) < 4.78 is 0. The van der Waals surface area contributed by atoms with E-state index in [1.165, 1.54) is 89.3 Å². The van der Waals surface area contributed by atoms with Crippen LogP contribution in [0.1, 0.15) is 41.2 Å². The van der Waals surface area contributed by atoms with Crippen LogP contribution in [0.15, 0.2) is 273 Å². The molecule has 0 saturated heterocycles. The van der Waals surface area contributed by atoms with Crippen molar-refractivity contribution >= 4 is 34.0 Å². The molecule has 0 aromatic heterocycles. The second-order valence-corrected chi connectivity index (χ2v) is 18.8. The first kappa shape index (κ1) is 41.5. The molecule has 0 fully saturated rings. The predicted molar refractivity (Wildman–Crippen MR) is 293 cm³/mol. The molecule has 10 aromatic carbocycles. The lowest BCUT2D eigenvalue weighted by molar-refractivity contribution is 0.674. The molecule has 2 heteroatoms. The van der Waals surface area contributed by atoms with Gasteiger partial charge in [0.1, 0.15) is 0 Å². The van der Waals surface area contributed by atoms with Crippen molar-refractivity contribution in [2.45, 2.75) is 18.8 Å². The Bertz CT molecular complexity index is 3570. The molecule has 70 heavy (non-hydrogen) atoms.